The van der Waals surface area contributed by atoms with E-state index in [4.69, 9.17) is 16.3 Å². The van der Waals surface area contributed by atoms with E-state index < -0.39 is 0 Å². The van der Waals surface area contributed by atoms with Crippen LogP contribution in [0.25, 0.3) is 11.0 Å². The fourth-order valence-electron chi connectivity index (χ4n) is 4.13. The number of aromatic amines is 1. The summed E-state index contributed by atoms with van der Waals surface area (Å²) in [5.74, 6) is -0.133. The van der Waals surface area contributed by atoms with Crippen molar-refractivity contribution in [2.45, 2.75) is 25.0 Å². The lowest BCUT2D eigenvalue weighted by molar-refractivity contribution is -0.0224. The van der Waals surface area contributed by atoms with Crippen LogP contribution in [0, 0.1) is 0 Å². The second-order valence-electron chi connectivity index (χ2n) is 8.42. The van der Waals surface area contributed by atoms with Crippen molar-refractivity contribution >= 4 is 45.8 Å². The van der Waals surface area contributed by atoms with Crippen molar-refractivity contribution in [1.82, 2.24) is 19.9 Å². The number of ether oxygens (including phenoxy) is 1. The smallest absolute Gasteiger partial charge is 0.257 e. The Morgan fingerprint density at radius 2 is 2.08 bits per heavy atom. The van der Waals surface area contributed by atoms with E-state index in [1.54, 1.807) is 36.7 Å². The first-order valence-electron chi connectivity index (χ1n) is 11.4. The lowest BCUT2D eigenvalue weighted by Gasteiger charge is -2.29. The maximum Gasteiger partial charge on any atom is 0.257 e. The molecule has 3 aromatic heterocycles. The third-order valence-electron chi connectivity index (χ3n) is 6.02. The molecule has 1 fully saturated rings. The Morgan fingerprint density at radius 3 is 2.81 bits per heavy atom. The Morgan fingerprint density at radius 1 is 1.19 bits per heavy atom. The first-order chi connectivity index (χ1) is 17.5. The monoisotopic (exact) mass is 506 g/mol. The molecule has 10 nitrogen and oxygen atoms in total. The maximum absolute atomic E-state index is 13.5. The lowest BCUT2D eigenvalue weighted by atomic mass is 10.0. The predicted octanol–water partition coefficient (Wildman–Crippen LogP) is 3.44. The van der Waals surface area contributed by atoms with Gasteiger partial charge in [0.05, 0.1) is 46.9 Å². The number of ketones is 1. The highest BCUT2D eigenvalue weighted by Crippen LogP contribution is 2.30. The topological polar surface area (TPSA) is 142 Å². The number of nitrogens with one attached hydrogen (secondary N) is 3. The second-order valence-corrected chi connectivity index (χ2v) is 8.83. The number of rotatable bonds is 7. The standard InChI is InChI=1S/C25H23ClN6O4/c26-20-8-15(32-25(35)14-2-1-7-27-9-14)4-6-18(20)22(34)19-10-28-23-21(19)24(30-13-29-23)31-16-3-5-17(11-33)36-12-16/h1-2,4,6-10,13,16-17,33H,3,5,11-12H2,(H,32,35)(H2,28,29,30,31)/t16-,17-/m1/s1. The van der Waals surface area contributed by atoms with Crippen LogP contribution in [0.2, 0.25) is 5.02 Å². The molecule has 36 heavy (non-hydrogen) atoms. The van der Waals surface area contributed by atoms with Crippen molar-refractivity contribution in [3.8, 4) is 0 Å². The zero-order valence-electron chi connectivity index (χ0n) is 19.1. The summed E-state index contributed by atoms with van der Waals surface area (Å²) in [5.41, 5.74) is 2.01. The molecule has 1 aromatic carbocycles. The van der Waals surface area contributed by atoms with Gasteiger partial charge in [0.1, 0.15) is 17.8 Å². The third-order valence-corrected chi connectivity index (χ3v) is 6.34. The van der Waals surface area contributed by atoms with Crippen LogP contribution in [0.5, 0.6) is 0 Å². The van der Waals surface area contributed by atoms with Crippen LogP contribution in [0.1, 0.15) is 39.1 Å². The number of nitrogens with zero attached hydrogens (tertiary/aromatic N) is 3. The van der Waals surface area contributed by atoms with Crippen LogP contribution >= 0.6 is 11.6 Å². The van der Waals surface area contributed by atoms with Gasteiger partial charge in [0.2, 0.25) is 0 Å². The minimum atomic E-state index is -0.334. The predicted molar refractivity (Wildman–Crippen MR) is 134 cm³/mol. The molecule has 1 saturated heterocycles. The Kier molecular flexibility index (Phi) is 6.90. The van der Waals surface area contributed by atoms with E-state index in [-0.39, 0.29) is 41.0 Å². The molecule has 11 heteroatoms. The van der Waals surface area contributed by atoms with Crippen molar-refractivity contribution in [1.29, 1.82) is 0 Å². The van der Waals surface area contributed by atoms with Crippen LogP contribution in [0.3, 0.4) is 0 Å². The van der Waals surface area contributed by atoms with Crippen LogP contribution in [0.15, 0.2) is 55.2 Å². The zero-order valence-corrected chi connectivity index (χ0v) is 19.8. The summed E-state index contributed by atoms with van der Waals surface area (Å²) in [6, 6.07) is 8.03. The molecule has 184 valence electrons. The number of halogens is 1. The molecule has 1 aliphatic heterocycles. The molecule has 4 aromatic rings. The van der Waals surface area contributed by atoms with E-state index in [1.807, 2.05) is 0 Å². The first kappa shape index (κ1) is 23.9. The molecule has 5 rings (SSSR count). The number of H-pyrrole nitrogens is 1. The molecule has 4 heterocycles. The molecule has 0 unspecified atom stereocenters. The van der Waals surface area contributed by atoms with Gasteiger partial charge in [0.25, 0.3) is 5.91 Å². The van der Waals surface area contributed by atoms with Gasteiger partial charge in [-0.1, -0.05) is 11.6 Å². The summed E-state index contributed by atoms with van der Waals surface area (Å²) in [7, 11) is 0. The van der Waals surface area contributed by atoms with Gasteiger partial charge in [-0.25, -0.2) is 9.97 Å². The number of aliphatic hydroxyl groups is 1. The summed E-state index contributed by atoms with van der Waals surface area (Å²) < 4.78 is 5.65. The van der Waals surface area contributed by atoms with E-state index in [9.17, 15) is 14.7 Å². The van der Waals surface area contributed by atoms with Gasteiger partial charge in [-0.05, 0) is 43.2 Å². The average Bonchev–Trinajstić information content (AvgIpc) is 3.35. The average molecular weight is 507 g/mol. The van der Waals surface area contributed by atoms with E-state index in [0.29, 0.717) is 40.3 Å². The molecule has 0 aliphatic carbocycles. The SMILES string of the molecule is O=C(Nc1ccc(C(=O)c2c[nH]c3ncnc(N[C@@H]4CC[C@H](CO)OC4)c23)c(Cl)c1)c1cccnc1. The summed E-state index contributed by atoms with van der Waals surface area (Å²) in [6.07, 6.45) is 7.41. The number of benzene rings is 1. The highest BCUT2D eigenvalue weighted by atomic mass is 35.5. The molecular weight excluding hydrogens is 484 g/mol. The summed E-state index contributed by atoms with van der Waals surface area (Å²) in [4.78, 5) is 41.5. The van der Waals surface area contributed by atoms with Crippen molar-refractivity contribution in [3.05, 3.63) is 77.0 Å². The quantitative estimate of drug-likeness (QED) is 0.279. The number of aliphatic hydroxyl groups excluding tert-OH is 1. The number of hydrogen-bond donors (Lipinski definition) is 4. The number of amides is 1. The van der Waals surface area contributed by atoms with Gasteiger partial charge < -0.3 is 25.5 Å². The summed E-state index contributed by atoms with van der Waals surface area (Å²) in [5, 5.41) is 16.1. The molecule has 1 aliphatic rings. The number of aromatic nitrogens is 4. The Labute approximate surface area is 211 Å². The van der Waals surface area contributed by atoms with Crippen LogP contribution < -0.4 is 10.6 Å². The molecule has 0 saturated carbocycles. The Bertz CT molecular complexity index is 1400. The van der Waals surface area contributed by atoms with Crippen molar-refractivity contribution in [2.24, 2.45) is 0 Å². The van der Waals surface area contributed by atoms with E-state index in [2.05, 4.69) is 30.6 Å². The van der Waals surface area contributed by atoms with Crippen molar-refractivity contribution in [2.75, 3.05) is 23.8 Å². The fraction of sp³-hybridized carbons (Fsp3) is 0.240. The normalized spacial score (nSPS) is 17.6. The highest BCUT2D eigenvalue weighted by molar-refractivity contribution is 6.36. The van der Waals surface area contributed by atoms with Gasteiger partial charge in [0, 0.05) is 29.8 Å². The van der Waals surface area contributed by atoms with E-state index in [0.717, 1.165) is 12.8 Å². The van der Waals surface area contributed by atoms with Gasteiger partial charge in [0.15, 0.2) is 5.78 Å². The molecule has 0 spiro atoms. The third kappa shape index (κ3) is 4.92. The minimum Gasteiger partial charge on any atom is -0.394 e. The number of carbonyl (C=O) groups is 2. The minimum absolute atomic E-state index is 0.00632. The van der Waals surface area contributed by atoms with Crippen molar-refractivity contribution < 1.29 is 19.4 Å². The largest absolute Gasteiger partial charge is 0.394 e. The summed E-state index contributed by atoms with van der Waals surface area (Å²) in [6.45, 7) is 0.413. The molecule has 0 radical (unpaired) electrons. The zero-order chi connectivity index (χ0) is 25.1. The fourth-order valence-corrected chi connectivity index (χ4v) is 4.40. The highest BCUT2D eigenvalue weighted by Gasteiger charge is 2.25. The van der Waals surface area contributed by atoms with E-state index in [1.165, 1.54) is 18.6 Å². The van der Waals surface area contributed by atoms with Crippen molar-refractivity contribution in [3.63, 3.8) is 0 Å². The summed E-state index contributed by atoms with van der Waals surface area (Å²) >= 11 is 6.47. The molecule has 1 amide bonds. The maximum atomic E-state index is 13.5. The van der Waals surface area contributed by atoms with Crippen LogP contribution in [-0.2, 0) is 4.74 Å². The molecule has 2 atom stereocenters. The van der Waals surface area contributed by atoms with E-state index >= 15 is 0 Å². The molecule has 4 N–H and O–H groups in total. The van der Waals surface area contributed by atoms with Crippen LogP contribution in [0.4, 0.5) is 11.5 Å². The Hall–Kier alpha value is -3.86. The second kappa shape index (κ2) is 10.4. The number of hydrogen-bond acceptors (Lipinski definition) is 8. The number of pyridine rings is 1. The Balaban J connectivity index is 1.38. The van der Waals surface area contributed by atoms with Gasteiger partial charge in [-0.15, -0.1) is 0 Å². The molecule has 0 bridgehead atoms. The number of fused-ring (bicyclic) bond motifs is 1. The first-order valence-corrected chi connectivity index (χ1v) is 11.8. The molecular formula is C25H23ClN6O4. The number of anilines is 2. The van der Waals surface area contributed by atoms with Gasteiger partial charge >= 0.3 is 0 Å². The van der Waals surface area contributed by atoms with Crippen LogP contribution in [-0.4, -0.2) is 62.1 Å². The lowest BCUT2D eigenvalue weighted by Crippen LogP contribution is -2.36. The van der Waals surface area contributed by atoms with Gasteiger partial charge in [-0.2, -0.15) is 0 Å². The van der Waals surface area contributed by atoms with Gasteiger partial charge in [-0.3, -0.25) is 14.6 Å². The number of carbonyl (C=O) groups excluding carboxylic acids is 2.